The molecule has 0 saturated carbocycles. The van der Waals surface area contributed by atoms with Gasteiger partial charge in [0.15, 0.2) is 5.82 Å². The van der Waals surface area contributed by atoms with E-state index >= 15 is 0 Å². The van der Waals surface area contributed by atoms with Gasteiger partial charge in [-0.1, -0.05) is 6.07 Å². The van der Waals surface area contributed by atoms with E-state index in [2.05, 4.69) is 31.1 Å². The lowest BCUT2D eigenvalue weighted by molar-refractivity contribution is 0.0963. The van der Waals surface area contributed by atoms with Crippen molar-refractivity contribution in [1.29, 1.82) is 0 Å². The molecule has 0 aliphatic heterocycles. The maximum absolute atomic E-state index is 14.2. The Labute approximate surface area is 165 Å². The van der Waals surface area contributed by atoms with Crippen LogP contribution in [0.2, 0.25) is 0 Å². The number of carbonyl (C=O) groups is 2. The predicted molar refractivity (Wildman–Crippen MR) is 104 cm³/mol. The van der Waals surface area contributed by atoms with E-state index in [1.165, 1.54) is 44.8 Å². The molecule has 29 heavy (non-hydrogen) atoms. The quantitative estimate of drug-likeness (QED) is 0.585. The summed E-state index contributed by atoms with van der Waals surface area (Å²) in [5.74, 6) is -1.22. The summed E-state index contributed by atoms with van der Waals surface area (Å²) in [7, 11) is 2.77. The monoisotopic (exact) mass is 396 g/mol. The summed E-state index contributed by atoms with van der Waals surface area (Å²) in [4.78, 5) is 29.0. The highest BCUT2D eigenvalue weighted by Gasteiger charge is 2.21. The second kappa shape index (κ2) is 8.74. The molecule has 0 aliphatic carbocycles. The molecule has 3 aromatic rings. The number of carbonyl (C=O) groups excluding carboxylic acids is 2. The van der Waals surface area contributed by atoms with Crippen LogP contribution in [0.5, 0.6) is 5.75 Å². The average Bonchev–Trinajstić information content (AvgIpc) is 2.73. The standard InChI is InChI=1S/C19H17FN6O3/c1-21-18(27)11-10-22-16(25-15-7-4-8-23-26-15)9-13(11)24-19(28)17-12(20)5-3-6-14(17)29-2/h3-10H,1-2H3,(H,21,27)(H2,22,24,25,26,28). The maximum atomic E-state index is 14.2. The molecular weight excluding hydrogens is 379 g/mol. The molecule has 0 fully saturated rings. The predicted octanol–water partition coefficient (Wildman–Crippen LogP) is 2.37. The summed E-state index contributed by atoms with van der Waals surface area (Å²) in [6, 6.07) is 8.82. The number of methoxy groups -OCH3 is 1. The van der Waals surface area contributed by atoms with Crippen molar-refractivity contribution in [3.63, 3.8) is 0 Å². The van der Waals surface area contributed by atoms with Gasteiger partial charge >= 0.3 is 0 Å². The van der Waals surface area contributed by atoms with Crippen LogP contribution in [0, 0.1) is 5.82 Å². The van der Waals surface area contributed by atoms with Crippen LogP contribution < -0.4 is 20.7 Å². The van der Waals surface area contributed by atoms with Crippen molar-refractivity contribution >= 4 is 29.1 Å². The van der Waals surface area contributed by atoms with Gasteiger partial charge in [0.05, 0.1) is 18.4 Å². The lowest BCUT2D eigenvalue weighted by Crippen LogP contribution is -2.22. The molecule has 0 unspecified atom stereocenters. The fourth-order valence-electron chi connectivity index (χ4n) is 2.52. The highest BCUT2D eigenvalue weighted by Crippen LogP contribution is 2.25. The third kappa shape index (κ3) is 4.43. The largest absolute Gasteiger partial charge is 0.496 e. The van der Waals surface area contributed by atoms with Crippen molar-refractivity contribution in [1.82, 2.24) is 20.5 Å². The number of benzene rings is 1. The summed E-state index contributed by atoms with van der Waals surface area (Å²) in [5.41, 5.74) is -0.0556. The molecule has 0 radical (unpaired) electrons. The van der Waals surface area contributed by atoms with E-state index in [4.69, 9.17) is 4.74 Å². The molecule has 0 atom stereocenters. The minimum Gasteiger partial charge on any atom is -0.496 e. The maximum Gasteiger partial charge on any atom is 0.262 e. The molecule has 0 saturated heterocycles. The number of anilines is 3. The fraction of sp³-hybridized carbons (Fsp3) is 0.105. The van der Waals surface area contributed by atoms with E-state index < -0.39 is 17.6 Å². The second-order valence-corrected chi connectivity index (χ2v) is 5.70. The summed E-state index contributed by atoms with van der Waals surface area (Å²) in [5, 5.41) is 15.6. The zero-order chi connectivity index (χ0) is 20.8. The van der Waals surface area contributed by atoms with E-state index in [1.54, 1.807) is 12.1 Å². The first-order valence-corrected chi connectivity index (χ1v) is 8.44. The Morgan fingerprint density at radius 3 is 2.62 bits per heavy atom. The smallest absolute Gasteiger partial charge is 0.262 e. The van der Waals surface area contributed by atoms with Crippen molar-refractivity contribution in [2.24, 2.45) is 0 Å². The molecule has 1 aromatic carbocycles. The van der Waals surface area contributed by atoms with E-state index in [-0.39, 0.29) is 22.6 Å². The number of nitrogens with zero attached hydrogens (tertiary/aromatic N) is 3. The third-order valence-electron chi connectivity index (χ3n) is 3.87. The molecule has 2 heterocycles. The number of amides is 2. The van der Waals surface area contributed by atoms with Crippen LogP contribution >= 0.6 is 0 Å². The van der Waals surface area contributed by atoms with Gasteiger partial charge in [-0.15, -0.1) is 5.10 Å². The lowest BCUT2D eigenvalue weighted by Gasteiger charge is -2.14. The summed E-state index contributed by atoms with van der Waals surface area (Å²) in [6.45, 7) is 0. The van der Waals surface area contributed by atoms with Crippen molar-refractivity contribution in [2.45, 2.75) is 0 Å². The molecule has 148 valence electrons. The summed E-state index contributed by atoms with van der Waals surface area (Å²) >= 11 is 0. The van der Waals surface area contributed by atoms with E-state index in [1.807, 2.05) is 0 Å². The number of pyridine rings is 1. The SMILES string of the molecule is CNC(=O)c1cnc(Nc2cccnn2)cc1NC(=O)c1c(F)cccc1OC. The van der Waals surface area contributed by atoms with Gasteiger partial charge in [0.2, 0.25) is 0 Å². The van der Waals surface area contributed by atoms with Gasteiger partial charge in [0.25, 0.3) is 11.8 Å². The molecule has 3 rings (SSSR count). The van der Waals surface area contributed by atoms with Crippen molar-refractivity contribution in [3.8, 4) is 5.75 Å². The highest BCUT2D eigenvalue weighted by molar-refractivity contribution is 6.10. The van der Waals surface area contributed by atoms with E-state index in [9.17, 15) is 14.0 Å². The molecule has 0 bridgehead atoms. The Bertz CT molecular complexity index is 1050. The molecule has 0 spiro atoms. The first-order chi connectivity index (χ1) is 14.0. The Hall–Kier alpha value is -4.08. The Kier molecular flexibility index (Phi) is 5.93. The zero-order valence-electron chi connectivity index (χ0n) is 15.6. The Balaban J connectivity index is 1.96. The van der Waals surface area contributed by atoms with Crippen LogP contribution in [0.15, 0.2) is 48.8 Å². The van der Waals surface area contributed by atoms with Crippen molar-refractivity contribution in [2.75, 3.05) is 24.8 Å². The average molecular weight is 396 g/mol. The molecule has 10 heteroatoms. The van der Waals surface area contributed by atoms with Gasteiger partial charge in [0, 0.05) is 25.5 Å². The van der Waals surface area contributed by atoms with Crippen LogP contribution in [0.1, 0.15) is 20.7 Å². The molecule has 9 nitrogen and oxygen atoms in total. The van der Waals surface area contributed by atoms with Crippen molar-refractivity contribution in [3.05, 3.63) is 65.7 Å². The normalized spacial score (nSPS) is 10.2. The fourth-order valence-corrected chi connectivity index (χ4v) is 2.52. The summed E-state index contributed by atoms with van der Waals surface area (Å²) in [6.07, 6.45) is 2.80. The van der Waals surface area contributed by atoms with Gasteiger partial charge in [-0.2, -0.15) is 5.10 Å². The van der Waals surface area contributed by atoms with Crippen LogP contribution in [0.25, 0.3) is 0 Å². The van der Waals surface area contributed by atoms with Gasteiger partial charge < -0.3 is 20.7 Å². The van der Waals surface area contributed by atoms with Crippen LogP contribution in [0.4, 0.5) is 21.7 Å². The number of halogens is 1. The van der Waals surface area contributed by atoms with Crippen LogP contribution in [-0.2, 0) is 0 Å². The minimum absolute atomic E-state index is 0.0657. The lowest BCUT2D eigenvalue weighted by atomic mass is 10.1. The zero-order valence-corrected chi connectivity index (χ0v) is 15.6. The molecule has 0 aliphatic rings. The molecule has 2 aromatic heterocycles. The number of nitrogens with one attached hydrogen (secondary N) is 3. The van der Waals surface area contributed by atoms with Gasteiger partial charge in [-0.25, -0.2) is 9.37 Å². The highest BCUT2D eigenvalue weighted by atomic mass is 19.1. The van der Waals surface area contributed by atoms with Gasteiger partial charge in [-0.3, -0.25) is 9.59 Å². The molecule has 3 N–H and O–H groups in total. The van der Waals surface area contributed by atoms with Crippen molar-refractivity contribution < 1.29 is 18.7 Å². The second-order valence-electron chi connectivity index (χ2n) is 5.70. The first-order valence-electron chi connectivity index (χ1n) is 8.44. The number of aromatic nitrogens is 3. The Morgan fingerprint density at radius 2 is 1.93 bits per heavy atom. The number of hydrogen-bond donors (Lipinski definition) is 3. The minimum atomic E-state index is -0.776. The summed E-state index contributed by atoms with van der Waals surface area (Å²) < 4.78 is 19.3. The van der Waals surface area contributed by atoms with E-state index in [0.717, 1.165) is 6.07 Å². The van der Waals surface area contributed by atoms with Crippen LogP contribution in [-0.4, -0.2) is 41.2 Å². The van der Waals surface area contributed by atoms with E-state index in [0.29, 0.717) is 11.6 Å². The number of ether oxygens (including phenoxy) is 1. The van der Waals surface area contributed by atoms with Gasteiger partial charge in [0.1, 0.15) is 22.9 Å². The topological polar surface area (TPSA) is 118 Å². The van der Waals surface area contributed by atoms with Crippen LogP contribution in [0.3, 0.4) is 0 Å². The number of rotatable bonds is 6. The molecular formula is C19H17FN6O3. The number of hydrogen-bond acceptors (Lipinski definition) is 7. The molecule has 2 amide bonds. The van der Waals surface area contributed by atoms with Gasteiger partial charge in [-0.05, 0) is 24.3 Å². The Morgan fingerprint density at radius 1 is 1.10 bits per heavy atom. The third-order valence-corrected chi connectivity index (χ3v) is 3.87. The first kappa shape index (κ1) is 19.7.